The smallest absolute Gasteiger partial charge is 0.240 e. The van der Waals surface area contributed by atoms with Crippen molar-refractivity contribution in [1.82, 2.24) is 25.0 Å². The summed E-state index contributed by atoms with van der Waals surface area (Å²) in [6.45, 7) is 9.06. The van der Waals surface area contributed by atoms with Gasteiger partial charge in [-0.15, -0.1) is 0 Å². The standard InChI is InChI=1S/C23H31N7O2/c1-17-7-9-29(10-8-17)22-23(25-19-6-4-3-5-18(19)24-22)30-13-11-28(12-14-30)15-21-26-20(16-31-2)27-32-21/h3-6,17H,7-16H2,1-2H3. The summed E-state index contributed by atoms with van der Waals surface area (Å²) in [6.07, 6.45) is 2.41. The molecule has 0 amide bonds. The molecule has 0 atom stereocenters. The minimum absolute atomic E-state index is 0.371. The number of aromatic nitrogens is 4. The second kappa shape index (κ2) is 9.38. The molecule has 3 aromatic rings. The maximum absolute atomic E-state index is 5.36. The molecule has 9 heteroatoms. The van der Waals surface area contributed by atoms with Crippen LogP contribution in [0.3, 0.4) is 0 Å². The van der Waals surface area contributed by atoms with E-state index in [0.717, 1.165) is 67.9 Å². The fraction of sp³-hybridized carbons (Fsp3) is 0.565. The average molecular weight is 438 g/mol. The Morgan fingerprint density at radius 1 is 0.906 bits per heavy atom. The van der Waals surface area contributed by atoms with E-state index in [1.54, 1.807) is 7.11 Å². The van der Waals surface area contributed by atoms with Crippen molar-refractivity contribution in [3.05, 3.63) is 36.0 Å². The summed E-state index contributed by atoms with van der Waals surface area (Å²) in [4.78, 5) is 21.7. The number of nitrogens with zero attached hydrogens (tertiary/aromatic N) is 7. The molecule has 0 N–H and O–H groups in total. The van der Waals surface area contributed by atoms with Gasteiger partial charge in [0.2, 0.25) is 5.89 Å². The van der Waals surface area contributed by atoms with E-state index in [9.17, 15) is 0 Å². The van der Waals surface area contributed by atoms with Crippen LogP contribution in [0.15, 0.2) is 28.8 Å². The zero-order chi connectivity index (χ0) is 21.9. The Kier molecular flexibility index (Phi) is 6.18. The molecule has 2 fully saturated rings. The molecule has 5 rings (SSSR count). The number of methoxy groups -OCH3 is 1. The van der Waals surface area contributed by atoms with Gasteiger partial charge in [0, 0.05) is 46.4 Å². The van der Waals surface area contributed by atoms with Crippen LogP contribution in [0.25, 0.3) is 11.0 Å². The molecule has 0 bridgehead atoms. The average Bonchev–Trinajstić information content (AvgIpc) is 3.26. The third-order valence-corrected chi connectivity index (χ3v) is 6.43. The molecule has 0 radical (unpaired) electrons. The number of piperidine rings is 1. The van der Waals surface area contributed by atoms with Crippen LogP contribution in [0, 0.1) is 5.92 Å². The maximum atomic E-state index is 5.36. The second-order valence-electron chi connectivity index (χ2n) is 8.83. The number of piperazine rings is 1. The number of fused-ring (bicyclic) bond motifs is 1. The van der Waals surface area contributed by atoms with Gasteiger partial charge in [-0.25, -0.2) is 9.97 Å². The third kappa shape index (κ3) is 4.54. The van der Waals surface area contributed by atoms with Gasteiger partial charge in [-0.2, -0.15) is 4.98 Å². The van der Waals surface area contributed by atoms with Crippen LogP contribution in [-0.2, 0) is 17.9 Å². The van der Waals surface area contributed by atoms with Gasteiger partial charge in [0.05, 0.1) is 17.6 Å². The first-order valence-corrected chi connectivity index (χ1v) is 11.5. The zero-order valence-electron chi connectivity index (χ0n) is 18.9. The molecule has 32 heavy (non-hydrogen) atoms. The molecule has 4 heterocycles. The quantitative estimate of drug-likeness (QED) is 0.578. The van der Waals surface area contributed by atoms with Crippen molar-refractivity contribution >= 4 is 22.7 Å². The number of rotatable bonds is 6. The van der Waals surface area contributed by atoms with E-state index in [1.165, 1.54) is 12.8 Å². The van der Waals surface area contributed by atoms with E-state index in [2.05, 4.69) is 43.9 Å². The zero-order valence-corrected chi connectivity index (χ0v) is 18.9. The lowest BCUT2D eigenvalue weighted by Gasteiger charge is -2.38. The number of para-hydroxylation sites is 2. The summed E-state index contributed by atoms with van der Waals surface area (Å²) in [7, 11) is 1.63. The fourth-order valence-corrected chi connectivity index (χ4v) is 4.48. The highest BCUT2D eigenvalue weighted by Crippen LogP contribution is 2.32. The van der Waals surface area contributed by atoms with Crippen LogP contribution in [0.4, 0.5) is 11.6 Å². The molecule has 2 saturated heterocycles. The van der Waals surface area contributed by atoms with Crippen LogP contribution in [0.2, 0.25) is 0 Å². The van der Waals surface area contributed by atoms with Gasteiger partial charge in [0.25, 0.3) is 0 Å². The minimum atomic E-state index is 0.371. The summed E-state index contributed by atoms with van der Waals surface area (Å²) < 4.78 is 10.4. The highest BCUT2D eigenvalue weighted by atomic mass is 16.5. The molecule has 0 unspecified atom stereocenters. The summed E-state index contributed by atoms with van der Waals surface area (Å²) >= 11 is 0. The van der Waals surface area contributed by atoms with E-state index in [-0.39, 0.29) is 0 Å². The Balaban J connectivity index is 1.32. The Bertz CT molecular complexity index is 1040. The maximum Gasteiger partial charge on any atom is 0.240 e. The van der Waals surface area contributed by atoms with Gasteiger partial charge < -0.3 is 19.1 Å². The van der Waals surface area contributed by atoms with E-state index in [0.29, 0.717) is 24.9 Å². The summed E-state index contributed by atoms with van der Waals surface area (Å²) in [5.41, 5.74) is 1.92. The molecule has 1 aromatic carbocycles. The second-order valence-corrected chi connectivity index (χ2v) is 8.83. The predicted octanol–water partition coefficient (Wildman–Crippen LogP) is 2.72. The first-order chi connectivity index (χ1) is 15.7. The van der Waals surface area contributed by atoms with Gasteiger partial charge in [-0.05, 0) is 30.9 Å². The number of anilines is 2. The van der Waals surface area contributed by atoms with Gasteiger partial charge >= 0.3 is 0 Å². The first-order valence-electron chi connectivity index (χ1n) is 11.5. The van der Waals surface area contributed by atoms with Gasteiger partial charge in [-0.1, -0.05) is 24.2 Å². The van der Waals surface area contributed by atoms with Crippen LogP contribution >= 0.6 is 0 Å². The normalized spacial score (nSPS) is 18.6. The molecule has 170 valence electrons. The molecule has 9 nitrogen and oxygen atoms in total. The summed E-state index contributed by atoms with van der Waals surface area (Å²) in [5, 5.41) is 3.96. The van der Waals surface area contributed by atoms with E-state index >= 15 is 0 Å². The molecule has 2 aliphatic rings. The fourth-order valence-electron chi connectivity index (χ4n) is 4.48. The first kappa shape index (κ1) is 21.1. The number of ether oxygens (including phenoxy) is 1. The lowest BCUT2D eigenvalue weighted by Crippen LogP contribution is -2.47. The Morgan fingerprint density at radius 3 is 2.16 bits per heavy atom. The summed E-state index contributed by atoms with van der Waals surface area (Å²) in [6, 6.07) is 8.18. The van der Waals surface area contributed by atoms with Gasteiger partial charge in [0.15, 0.2) is 17.5 Å². The van der Waals surface area contributed by atoms with Crippen LogP contribution in [0.1, 0.15) is 31.5 Å². The third-order valence-electron chi connectivity index (χ3n) is 6.43. The molecule has 2 aromatic heterocycles. The Labute approximate surface area is 188 Å². The lowest BCUT2D eigenvalue weighted by atomic mass is 9.99. The molecular formula is C23H31N7O2. The highest BCUT2D eigenvalue weighted by molar-refractivity contribution is 5.81. The van der Waals surface area contributed by atoms with Crippen molar-refractivity contribution in [2.75, 3.05) is 56.2 Å². The number of hydrogen-bond acceptors (Lipinski definition) is 9. The van der Waals surface area contributed by atoms with Crippen molar-refractivity contribution in [3.8, 4) is 0 Å². The van der Waals surface area contributed by atoms with E-state index < -0.39 is 0 Å². The van der Waals surface area contributed by atoms with E-state index in [4.69, 9.17) is 19.2 Å². The van der Waals surface area contributed by atoms with Crippen molar-refractivity contribution in [1.29, 1.82) is 0 Å². The van der Waals surface area contributed by atoms with Crippen molar-refractivity contribution in [3.63, 3.8) is 0 Å². The topological polar surface area (TPSA) is 83.7 Å². The molecule has 2 aliphatic heterocycles. The van der Waals surface area contributed by atoms with Gasteiger partial charge in [0.1, 0.15) is 6.61 Å². The van der Waals surface area contributed by atoms with Crippen molar-refractivity contribution in [2.24, 2.45) is 5.92 Å². The lowest BCUT2D eigenvalue weighted by molar-refractivity contribution is 0.174. The largest absolute Gasteiger partial charge is 0.377 e. The SMILES string of the molecule is COCc1noc(CN2CCN(c3nc4ccccc4nc3N3CCC(C)CC3)CC2)n1. The van der Waals surface area contributed by atoms with Crippen LogP contribution in [0.5, 0.6) is 0 Å². The Morgan fingerprint density at radius 2 is 1.53 bits per heavy atom. The number of hydrogen-bond donors (Lipinski definition) is 0. The summed E-state index contributed by atoms with van der Waals surface area (Å²) in [5.74, 6) is 4.05. The van der Waals surface area contributed by atoms with E-state index in [1.807, 2.05) is 12.1 Å². The molecule has 0 spiro atoms. The monoisotopic (exact) mass is 437 g/mol. The minimum Gasteiger partial charge on any atom is -0.377 e. The van der Waals surface area contributed by atoms with Crippen molar-refractivity contribution < 1.29 is 9.26 Å². The Hall–Kier alpha value is -2.78. The van der Waals surface area contributed by atoms with Crippen LogP contribution < -0.4 is 9.80 Å². The molecule has 0 aliphatic carbocycles. The van der Waals surface area contributed by atoms with Crippen LogP contribution in [-0.4, -0.2) is 71.4 Å². The van der Waals surface area contributed by atoms with Gasteiger partial charge in [-0.3, -0.25) is 4.90 Å². The molecule has 0 saturated carbocycles. The number of benzene rings is 1. The molecular weight excluding hydrogens is 406 g/mol. The van der Waals surface area contributed by atoms with Crippen molar-refractivity contribution in [2.45, 2.75) is 32.9 Å². The highest BCUT2D eigenvalue weighted by Gasteiger charge is 2.27. The predicted molar refractivity (Wildman–Crippen MR) is 123 cm³/mol.